The lowest BCUT2D eigenvalue weighted by molar-refractivity contribution is 0.0905. The number of aromatic nitrogens is 4. The van der Waals surface area contributed by atoms with E-state index in [4.69, 9.17) is 5.26 Å². The number of benzene rings is 1. The standard InChI is InChI=1S/C22H24N8O/c1-15(14-30-9-4-10-30)25-21(31)20-12-19(28-29(20)2)18-7-8-24-22(27-18)26-17-6-3-5-16(11-17)13-23/h3,5-8,11-12,15H,4,9-10,14H2,1-2H3,(H,25,31)(H,24,26,27). The molecule has 1 fully saturated rings. The summed E-state index contributed by atoms with van der Waals surface area (Å²) in [6.45, 7) is 5.06. The number of carbonyl (C=O) groups is 1. The van der Waals surface area contributed by atoms with Crippen LogP contribution in [0.5, 0.6) is 0 Å². The van der Waals surface area contributed by atoms with Crippen LogP contribution in [-0.4, -0.2) is 56.2 Å². The molecule has 1 saturated heterocycles. The fraction of sp³-hybridized carbons (Fsp3) is 0.318. The van der Waals surface area contributed by atoms with Crippen molar-refractivity contribution in [3.05, 3.63) is 53.9 Å². The van der Waals surface area contributed by atoms with Crippen LogP contribution in [0.3, 0.4) is 0 Å². The van der Waals surface area contributed by atoms with E-state index in [1.54, 1.807) is 48.3 Å². The Kier molecular flexibility index (Phi) is 5.91. The van der Waals surface area contributed by atoms with Gasteiger partial charge in [-0.05, 0) is 56.8 Å². The normalized spacial score (nSPS) is 14.4. The number of likely N-dealkylation sites (tertiary alicyclic amines) is 1. The van der Waals surface area contributed by atoms with Crippen LogP contribution in [-0.2, 0) is 7.05 Å². The number of nitrogens with zero attached hydrogens (tertiary/aromatic N) is 6. The monoisotopic (exact) mass is 416 g/mol. The molecule has 2 aromatic heterocycles. The molecular weight excluding hydrogens is 392 g/mol. The maximum Gasteiger partial charge on any atom is 0.269 e. The Hall–Kier alpha value is -3.77. The molecule has 1 atom stereocenters. The number of carbonyl (C=O) groups excluding carboxylic acids is 1. The Morgan fingerprint density at radius 2 is 2.10 bits per heavy atom. The molecule has 3 aromatic rings. The lowest BCUT2D eigenvalue weighted by Crippen LogP contribution is -2.47. The molecule has 9 heteroatoms. The van der Waals surface area contributed by atoms with Gasteiger partial charge in [0, 0.05) is 31.5 Å². The maximum absolute atomic E-state index is 12.7. The van der Waals surface area contributed by atoms with Crippen molar-refractivity contribution in [1.82, 2.24) is 30.0 Å². The molecule has 0 bridgehead atoms. The Balaban J connectivity index is 1.48. The van der Waals surface area contributed by atoms with Gasteiger partial charge in [0.05, 0.1) is 17.3 Å². The number of rotatable bonds is 7. The Morgan fingerprint density at radius 1 is 1.26 bits per heavy atom. The van der Waals surface area contributed by atoms with Crippen LogP contribution in [0.1, 0.15) is 29.4 Å². The summed E-state index contributed by atoms with van der Waals surface area (Å²) in [6, 6.07) is 12.7. The van der Waals surface area contributed by atoms with E-state index in [0.717, 1.165) is 19.6 Å². The molecule has 158 valence electrons. The van der Waals surface area contributed by atoms with Gasteiger partial charge in [-0.2, -0.15) is 10.4 Å². The van der Waals surface area contributed by atoms with Gasteiger partial charge in [-0.15, -0.1) is 0 Å². The first-order valence-electron chi connectivity index (χ1n) is 10.2. The van der Waals surface area contributed by atoms with Crippen molar-refractivity contribution in [3.8, 4) is 17.5 Å². The number of nitriles is 1. The molecule has 4 rings (SSSR count). The van der Waals surface area contributed by atoms with Gasteiger partial charge >= 0.3 is 0 Å². The van der Waals surface area contributed by atoms with Crippen molar-refractivity contribution in [2.45, 2.75) is 19.4 Å². The molecule has 0 aliphatic carbocycles. The van der Waals surface area contributed by atoms with E-state index in [1.807, 2.05) is 13.0 Å². The van der Waals surface area contributed by atoms with E-state index in [2.05, 4.69) is 36.7 Å². The number of aryl methyl sites for hydroxylation is 1. The summed E-state index contributed by atoms with van der Waals surface area (Å²) < 4.78 is 1.56. The first-order chi connectivity index (χ1) is 15.0. The average molecular weight is 416 g/mol. The van der Waals surface area contributed by atoms with Crippen molar-refractivity contribution in [3.63, 3.8) is 0 Å². The third kappa shape index (κ3) is 4.87. The fourth-order valence-electron chi connectivity index (χ4n) is 3.46. The average Bonchev–Trinajstić information content (AvgIpc) is 3.13. The van der Waals surface area contributed by atoms with Gasteiger partial charge in [0.1, 0.15) is 11.4 Å². The Morgan fingerprint density at radius 3 is 2.84 bits per heavy atom. The second kappa shape index (κ2) is 8.93. The molecule has 2 N–H and O–H groups in total. The van der Waals surface area contributed by atoms with Crippen LogP contribution in [0.2, 0.25) is 0 Å². The Labute approximate surface area is 180 Å². The highest BCUT2D eigenvalue weighted by atomic mass is 16.2. The summed E-state index contributed by atoms with van der Waals surface area (Å²) in [4.78, 5) is 23.8. The van der Waals surface area contributed by atoms with Gasteiger partial charge in [-0.25, -0.2) is 9.97 Å². The molecule has 31 heavy (non-hydrogen) atoms. The molecule has 3 heterocycles. The third-order valence-corrected chi connectivity index (χ3v) is 5.14. The van der Waals surface area contributed by atoms with E-state index in [9.17, 15) is 4.79 Å². The molecule has 0 saturated carbocycles. The Bertz CT molecular complexity index is 1130. The maximum atomic E-state index is 12.7. The van der Waals surface area contributed by atoms with E-state index in [1.165, 1.54) is 6.42 Å². The summed E-state index contributed by atoms with van der Waals surface area (Å²) in [5.41, 5.74) is 2.91. The largest absolute Gasteiger partial charge is 0.347 e. The van der Waals surface area contributed by atoms with E-state index in [-0.39, 0.29) is 11.9 Å². The van der Waals surface area contributed by atoms with E-state index < -0.39 is 0 Å². The van der Waals surface area contributed by atoms with Gasteiger partial charge in [0.15, 0.2) is 0 Å². The van der Waals surface area contributed by atoms with Gasteiger partial charge in [-0.1, -0.05) is 6.07 Å². The fourth-order valence-corrected chi connectivity index (χ4v) is 3.46. The summed E-state index contributed by atoms with van der Waals surface area (Å²) in [5, 5.41) is 19.6. The van der Waals surface area contributed by atoms with Crippen LogP contribution in [0.15, 0.2) is 42.6 Å². The van der Waals surface area contributed by atoms with Crippen LogP contribution in [0.4, 0.5) is 11.6 Å². The predicted octanol–water partition coefficient (Wildman–Crippen LogP) is 2.32. The first-order valence-corrected chi connectivity index (χ1v) is 10.2. The number of hydrogen-bond donors (Lipinski definition) is 2. The molecule has 0 spiro atoms. The highest BCUT2D eigenvalue weighted by Crippen LogP contribution is 2.20. The minimum absolute atomic E-state index is 0.0603. The van der Waals surface area contributed by atoms with Crippen LogP contribution in [0, 0.1) is 11.3 Å². The molecule has 1 aromatic carbocycles. The van der Waals surface area contributed by atoms with Crippen LogP contribution in [0.25, 0.3) is 11.4 Å². The number of anilines is 2. The first kappa shape index (κ1) is 20.5. The second-order valence-electron chi connectivity index (χ2n) is 7.65. The van der Waals surface area contributed by atoms with Crippen molar-refractivity contribution >= 4 is 17.5 Å². The zero-order chi connectivity index (χ0) is 21.8. The van der Waals surface area contributed by atoms with Gasteiger partial charge in [0.25, 0.3) is 5.91 Å². The van der Waals surface area contributed by atoms with Gasteiger partial charge < -0.3 is 15.5 Å². The summed E-state index contributed by atoms with van der Waals surface area (Å²) in [7, 11) is 1.74. The molecule has 1 aliphatic rings. The third-order valence-electron chi connectivity index (χ3n) is 5.14. The number of nitrogens with one attached hydrogen (secondary N) is 2. The molecular formula is C22H24N8O. The second-order valence-corrected chi connectivity index (χ2v) is 7.65. The van der Waals surface area contributed by atoms with Crippen molar-refractivity contribution in [2.75, 3.05) is 25.0 Å². The molecule has 1 amide bonds. The van der Waals surface area contributed by atoms with Crippen LogP contribution >= 0.6 is 0 Å². The van der Waals surface area contributed by atoms with Crippen molar-refractivity contribution < 1.29 is 4.79 Å². The number of hydrogen-bond acceptors (Lipinski definition) is 7. The quantitative estimate of drug-likeness (QED) is 0.608. The lowest BCUT2D eigenvalue weighted by Gasteiger charge is -2.33. The zero-order valence-electron chi connectivity index (χ0n) is 17.5. The zero-order valence-corrected chi connectivity index (χ0v) is 17.5. The van der Waals surface area contributed by atoms with Gasteiger partial charge in [0.2, 0.25) is 5.95 Å². The molecule has 9 nitrogen and oxygen atoms in total. The minimum Gasteiger partial charge on any atom is -0.347 e. The van der Waals surface area contributed by atoms with Gasteiger partial charge in [-0.3, -0.25) is 9.48 Å². The van der Waals surface area contributed by atoms with Crippen molar-refractivity contribution in [1.29, 1.82) is 5.26 Å². The SMILES string of the molecule is CC(CN1CCC1)NC(=O)c1cc(-c2ccnc(Nc3cccc(C#N)c3)n2)nn1C. The minimum atomic E-state index is -0.157. The predicted molar refractivity (Wildman–Crippen MR) is 117 cm³/mol. The van der Waals surface area contributed by atoms with Crippen molar-refractivity contribution in [2.24, 2.45) is 7.05 Å². The summed E-state index contributed by atoms with van der Waals surface area (Å²) >= 11 is 0. The summed E-state index contributed by atoms with van der Waals surface area (Å²) in [6.07, 6.45) is 2.85. The smallest absolute Gasteiger partial charge is 0.269 e. The van der Waals surface area contributed by atoms with Crippen LogP contribution < -0.4 is 10.6 Å². The number of amides is 1. The molecule has 0 radical (unpaired) electrons. The molecule has 1 unspecified atom stereocenters. The van der Waals surface area contributed by atoms with E-state index >= 15 is 0 Å². The van der Waals surface area contributed by atoms with E-state index in [0.29, 0.717) is 34.3 Å². The highest BCUT2D eigenvalue weighted by Gasteiger charge is 2.20. The lowest BCUT2D eigenvalue weighted by atomic mass is 10.2. The summed E-state index contributed by atoms with van der Waals surface area (Å²) in [5.74, 6) is 0.224. The highest BCUT2D eigenvalue weighted by molar-refractivity contribution is 5.93. The topological polar surface area (TPSA) is 112 Å². The molecule has 1 aliphatic heterocycles.